The SMILES string of the molecule is COc1ccc(C2Nc3ncnn3C(c3ccccc3)C2N)cc1. The van der Waals surface area contributed by atoms with E-state index in [0.29, 0.717) is 0 Å². The van der Waals surface area contributed by atoms with Crippen LogP contribution < -0.4 is 15.8 Å². The third-order valence-electron chi connectivity index (χ3n) is 4.49. The van der Waals surface area contributed by atoms with Crippen LogP contribution in [0.15, 0.2) is 60.9 Å². The van der Waals surface area contributed by atoms with E-state index in [0.717, 1.165) is 22.8 Å². The minimum absolute atomic E-state index is 0.0576. The van der Waals surface area contributed by atoms with E-state index in [1.165, 1.54) is 0 Å². The number of anilines is 1. The average molecular weight is 321 g/mol. The molecule has 0 saturated carbocycles. The van der Waals surface area contributed by atoms with Gasteiger partial charge in [0.25, 0.3) is 0 Å². The fourth-order valence-corrected chi connectivity index (χ4v) is 3.27. The Bertz CT molecular complexity index is 815. The molecule has 0 saturated heterocycles. The number of hydrogen-bond acceptors (Lipinski definition) is 5. The van der Waals surface area contributed by atoms with Crippen LogP contribution in [0.2, 0.25) is 0 Å². The van der Waals surface area contributed by atoms with Crippen LogP contribution in [0.5, 0.6) is 5.75 Å². The lowest BCUT2D eigenvalue weighted by Gasteiger charge is -2.37. The van der Waals surface area contributed by atoms with E-state index < -0.39 is 0 Å². The van der Waals surface area contributed by atoms with Crippen LogP contribution in [-0.4, -0.2) is 27.9 Å². The maximum Gasteiger partial charge on any atom is 0.222 e. The zero-order chi connectivity index (χ0) is 16.5. The summed E-state index contributed by atoms with van der Waals surface area (Å²) in [6.45, 7) is 0. The zero-order valence-corrected chi connectivity index (χ0v) is 13.3. The Morgan fingerprint density at radius 2 is 1.79 bits per heavy atom. The van der Waals surface area contributed by atoms with Gasteiger partial charge in [-0.2, -0.15) is 10.1 Å². The third kappa shape index (κ3) is 2.41. The Morgan fingerprint density at radius 3 is 2.50 bits per heavy atom. The van der Waals surface area contributed by atoms with Crippen LogP contribution in [0, 0.1) is 0 Å². The number of nitrogens with two attached hydrogens (primary N) is 1. The van der Waals surface area contributed by atoms with Crippen molar-refractivity contribution in [3.05, 3.63) is 72.1 Å². The molecule has 0 spiro atoms. The Morgan fingerprint density at radius 1 is 1.04 bits per heavy atom. The summed E-state index contributed by atoms with van der Waals surface area (Å²) in [6, 6.07) is 17.8. The second-order valence-electron chi connectivity index (χ2n) is 5.86. The summed E-state index contributed by atoms with van der Waals surface area (Å²) in [5.74, 6) is 1.55. The first-order valence-electron chi connectivity index (χ1n) is 7.88. The summed E-state index contributed by atoms with van der Waals surface area (Å²) in [4.78, 5) is 4.34. The highest BCUT2D eigenvalue weighted by Crippen LogP contribution is 2.36. The van der Waals surface area contributed by atoms with Crippen molar-refractivity contribution in [3.8, 4) is 5.75 Å². The van der Waals surface area contributed by atoms with Gasteiger partial charge in [0.2, 0.25) is 5.95 Å². The van der Waals surface area contributed by atoms with Crippen molar-refractivity contribution in [2.24, 2.45) is 5.73 Å². The van der Waals surface area contributed by atoms with Crippen molar-refractivity contribution in [3.63, 3.8) is 0 Å². The molecule has 0 aliphatic carbocycles. The Labute approximate surface area is 140 Å². The van der Waals surface area contributed by atoms with Gasteiger partial charge < -0.3 is 15.8 Å². The third-order valence-corrected chi connectivity index (χ3v) is 4.49. The number of methoxy groups -OCH3 is 1. The molecule has 3 N–H and O–H groups in total. The second-order valence-corrected chi connectivity index (χ2v) is 5.86. The summed E-state index contributed by atoms with van der Waals surface area (Å²) in [5, 5.41) is 7.77. The molecule has 1 aromatic heterocycles. The predicted octanol–water partition coefficient (Wildman–Crippen LogP) is 2.37. The van der Waals surface area contributed by atoms with E-state index in [4.69, 9.17) is 10.5 Å². The second kappa shape index (κ2) is 5.98. The smallest absolute Gasteiger partial charge is 0.222 e. The molecule has 0 amide bonds. The Balaban J connectivity index is 1.75. The molecule has 1 aliphatic heterocycles. The Hall–Kier alpha value is -2.86. The number of rotatable bonds is 3. The van der Waals surface area contributed by atoms with Gasteiger partial charge in [0.05, 0.1) is 25.2 Å². The summed E-state index contributed by atoms with van der Waals surface area (Å²) in [7, 11) is 1.66. The maximum atomic E-state index is 6.65. The van der Waals surface area contributed by atoms with Gasteiger partial charge in [-0.25, -0.2) is 4.68 Å². The number of nitrogens with one attached hydrogen (secondary N) is 1. The van der Waals surface area contributed by atoms with Gasteiger partial charge in [0.15, 0.2) is 0 Å². The van der Waals surface area contributed by atoms with Crippen LogP contribution in [0.3, 0.4) is 0 Å². The standard InChI is InChI=1S/C18H19N5O/c1-24-14-9-7-12(8-10-14)16-15(19)17(13-5-3-2-4-6-13)23-18(22-16)20-11-21-23/h2-11,15-17H,19H2,1H3,(H,20,21,22). The van der Waals surface area contributed by atoms with Crippen LogP contribution in [0.4, 0.5) is 5.95 Å². The van der Waals surface area contributed by atoms with Crippen molar-refractivity contribution in [2.75, 3.05) is 12.4 Å². The molecule has 0 fully saturated rings. The molecule has 4 rings (SSSR count). The first kappa shape index (κ1) is 14.7. The quantitative estimate of drug-likeness (QED) is 0.774. The van der Waals surface area contributed by atoms with E-state index >= 15 is 0 Å². The van der Waals surface area contributed by atoms with Gasteiger partial charge in [-0.1, -0.05) is 42.5 Å². The highest BCUT2D eigenvalue weighted by molar-refractivity contribution is 5.42. The minimum atomic E-state index is -0.185. The molecule has 2 aromatic carbocycles. The fraction of sp³-hybridized carbons (Fsp3) is 0.222. The summed E-state index contributed by atoms with van der Waals surface area (Å²) >= 11 is 0. The van der Waals surface area contributed by atoms with Gasteiger partial charge in [0.1, 0.15) is 12.1 Å². The predicted molar refractivity (Wildman–Crippen MR) is 91.9 cm³/mol. The topological polar surface area (TPSA) is 78.0 Å². The van der Waals surface area contributed by atoms with Gasteiger partial charge in [-0.05, 0) is 23.3 Å². The molecule has 3 aromatic rings. The number of ether oxygens (including phenoxy) is 1. The normalized spacial score (nSPS) is 22.5. The van der Waals surface area contributed by atoms with Crippen molar-refractivity contribution in [1.82, 2.24) is 14.8 Å². The average Bonchev–Trinajstić information content (AvgIpc) is 3.10. The molecular formula is C18H19N5O. The minimum Gasteiger partial charge on any atom is -0.497 e. The molecule has 3 atom stereocenters. The number of aromatic nitrogens is 3. The largest absolute Gasteiger partial charge is 0.497 e. The maximum absolute atomic E-state index is 6.65. The molecule has 1 aliphatic rings. The molecular weight excluding hydrogens is 302 g/mol. The van der Waals surface area contributed by atoms with Crippen LogP contribution in [0.25, 0.3) is 0 Å². The van der Waals surface area contributed by atoms with Crippen LogP contribution in [-0.2, 0) is 0 Å². The zero-order valence-electron chi connectivity index (χ0n) is 13.3. The first-order valence-corrected chi connectivity index (χ1v) is 7.88. The molecule has 6 heteroatoms. The van der Waals surface area contributed by atoms with Crippen LogP contribution >= 0.6 is 0 Å². The number of nitrogens with zero attached hydrogens (tertiary/aromatic N) is 3. The van der Waals surface area contributed by atoms with Gasteiger partial charge >= 0.3 is 0 Å². The van der Waals surface area contributed by atoms with Gasteiger partial charge in [-0.15, -0.1) is 0 Å². The molecule has 3 unspecified atom stereocenters. The van der Waals surface area contributed by atoms with Crippen molar-refractivity contribution in [2.45, 2.75) is 18.1 Å². The van der Waals surface area contributed by atoms with Gasteiger partial charge in [-0.3, -0.25) is 0 Å². The number of hydrogen-bond donors (Lipinski definition) is 2. The summed E-state index contributed by atoms with van der Waals surface area (Å²) < 4.78 is 7.10. The van der Waals surface area contributed by atoms with E-state index in [-0.39, 0.29) is 18.1 Å². The molecule has 6 nitrogen and oxygen atoms in total. The van der Waals surface area contributed by atoms with Crippen molar-refractivity contribution in [1.29, 1.82) is 0 Å². The monoisotopic (exact) mass is 321 g/mol. The van der Waals surface area contributed by atoms with E-state index in [2.05, 4.69) is 27.5 Å². The molecule has 24 heavy (non-hydrogen) atoms. The Kier molecular flexibility index (Phi) is 3.66. The summed E-state index contributed by atoms with van der Waals surface area (Å²) in [6.07, 6.45) is 1.56. The fourth-order valence-electron chi connectivity index (χ4n) is 3.27. The first-order chi connectivity index (χ1) is 11.8. The summed E-state index contributed by atoms with van der Waals surface area (Å²) in [5.41, 5.74) is 8.87. The molecule has 0 radical (unpaired) electrons. The van der Waals surface area contributed by atoms with E-state index in [9.17, 15) is 0 Å². The lowest BCUT2D eigenvalue weighted by molar-refractivity contribution is 0.371. The number of fused-ring (bicyclic) bond motifs is 1. The van der Waals surface area contributed by atoms with E-state index in [1.807, 2.05) is 47.1 Å². The van der Waals surface area contributed by atoms with E-state index in [1.54, 1.807) is 13.4 Å². The number of benzene rings is 2. The highest BCUT2D eigenvalue weighted by atomic mass is 16.5. The lowest BCUT2D eigenvalue weighted by Crippen LogP contribution is -2.46. The van der Waals surface area contributed by atoms with Crippen molar-refractivity contribution < 1.29 is 4.74 Å². The molecule has 122 valence electrons. The van der Waals surface area contributed by atoms with Crippen LogP contribution in [0.1, 0.15) is 23.2 Å². The van der Waals surface area contributed by atoms with Gasteiger partial charge in [0, 0.05) is 0 Å². The molecule has 2 heterocycles. The lowest BCUT2D eigenvalue weighted by atomic mass is 9.89. The molecule has 0 bridgehead atoms. The van der Waals surface area contributed by atoms with Crippen molar-refractivity contribution >= 4 is 5.95 Å². The highest BCUT2D eigenvalue weighted by Gasteiger charge is 2.37.